The van der Waals surface area contributed by atoms with Crippen LogP contribution in [0.4, 0.5) is 35.0 Å². The van der Waals surface area contributed by atoms with E-state index in [2.05, 4.69) is 21.3 Å². The molecule has 4 N–H and O–H groups in total. The van der Waals surface area contributed by atoms with Crippen LogP contribution in [0.2, 0.25) is 0 Å². The zero-order valence-corrected chi connectivity index (χ0v) is 16.0. The third kappa shape index (κ3) is 6.37. The summed E-state index contributed by atoms with van der Waals surface area (Å²) in [4.78, 5) is 24.2. The maximum atomic E-state index is 12.7. The number of hydrogen-bond acceptors (Lipinski definition) is 3. The van der Waals surface area contributed by atoms with Crippen molar-refractivity contribution in [3.63, 3.8) is 0 Å². The highest BCUT2D eigenvalue weighted by atomic mass is 35.5. The fourth-order valence-electron chi connectivity index (χ4n) is 2.88. The van der Waals surface area contributed by atoms with Crippen molar-refractivity contribution in [2.24, 2.45) is 0 Å². The van der Waals surface area contributed by atoms with Crippen LogP contribution >= 0.6 is 12.4 Å². The van der Waals surface area contributed by atoms with Crippen LogP contribution < -0.4 is 21.3 Å². The highest BCUT2D eigenvalue weighted by molar-refractivity contribution is 6.01. The van der Waals surface area contributed by atoms with Gasteiger partial charge in [-0.1, -0.05) is 12.1 Å². The van der Waals surface area contributed by atoms with Gasteiger partial charge in [0.25, 0.3) is 0 Å². The molecule has 3 amide bonds. The largest absolute Gasteiger partial charge is 0.416 e. The molecule has 3 rings (SSSR count). The van der Waals surface area contributed by atoms with E-state index in [1.165, 1.54) is 12.1 Å². The van der Waals surface area contributed by atoms with Crippen molar-refractivity contribution < 1.29 is 22.8 Å². The van der Waals surface area contributed by atoms with Gasteiger partial charge in [0, 0.05) is 17.1 Å². The van der Waals surface area contributed by atoms with Crippen molar-refractivity contribution in [3.8, 4) is 0 Å². The number of alkyl halides is 3. The molecule has 1 saturated heterocycles. The van der Waals surface area contributed by atoms with E-state index in [-0.39, 0.29) is 30.0 Å². The number of anilines is 3. The fourth-order valence-corrected chi connectivity index (χ4v) is 2.88. The van der Waals surface area contributed by atoms with Crippen LogP contribution in [0.1, 0.15) is 18.4 Å². The van der Waals surface area contributed by atoms with Crippen LogP contribution in [0.3, 0.4) is 0 Å². The summed E-state index contributed by atoms with van der Waals surface area (Å²) < 4.78 is 38.2. The summed E-state index contributed by atoms with van der Waals surface area (Å²) in [5, 5.41) is 10.8. The molecule has 0 aliphatic carbocycles. The third-order valence-corrected chi connectivity index (χ3v) is 4.21. The smallest absolute Gasteiger partial charge is 0.325 e. The number of rotatable bonds is 4. The SMILES string of the molecule is Cl.O=C(Nc1cccc(NC(=O)C2CCCN2)c1)Nc1cccc(C(F)(F)F)c1. The quantitative estimate of drug-likeness (QED) is 0.580. The zero-order chi connectivity index (χ0) is 20.1. The Morgan fingerprint density at radius 3 is 2.10 bits per heavy atom. The predicted octanol–water partition coefficient (Wildman–Crippen LogP) is 4.46. The van der Waals surface area contributed by atoms with Crippen LogP contribution in [-0.4, -0.2) is 24.5 Å². The van der Waals surface area contributed by atoms with Crippen LogP contribution in [-0.2, 0) is 11.0 Å². The lowest BCUT2D eigenvalue weighted by Crippen LogP contribution is -2.35. The monoisotopic (exact) mass is 428 g/mol. The Morgan fingerprint density at radius 2 is 1.52 bits per heavy atom. The van der Waals surface area contributed by atoms with Crippen LogP contribution in [0.25, 0.3) is 0 Å². The molecule has 0 spiro atoms. The second-order valence-corrected chi connectivity index (χ2v) is 6.38. The van der Waals surface area contributed by atoms with Gasteiger partial charge in [-0.15, -0.1) is 12.4 Å². The Labute approximate surface area is 171 Å². The minimum Gasteiger partial charge on any atom is -0.325 e. The van der Waals surface area contributed by atoms with E-state index < -0.39 is 17.8 Å². The normalized spacial score (nSPS) is 15.9. The summed E-state index contributed by atoms with van der Waals surface area (Å²) in [6, 6.07) is 9.93. The van der Waals surface area contributed by atoms with Crippen molar-refractivity contribution in [2.45, 2.75) is 25.1 Å². The average molecular weight is 429 g/mol. The van der Waals surface area contributed by atoms with Crippen molar-refractivity contribution >= 4 is 41.4 Å². The molecule has 0 saturated carbocycles. The molecule has 1 unspecified atom stereocenters. The van der Waals surface area contributed by atoms with Gasteiger partial charge in [-0.25, -0.2) is 4.79 Å². The Morgan fingerprint density at radius 1 is 0.931 bits per heavy atom. The maximum absolute atomic E-state index is 12.7. The molecular weight excluding hydrogens is 409 g/mol. The zero-order valence-electron chi connectivity index (χ0n) is 15.2. The molecule has 2 aromatic rings. The first-order chi connectivity index (χ1) is 13.3. The molecule has 1 aliphatic heterocycles. The van der Waals surface area contributed by atoms with E-state index in [0.717, 1.165) is 31.5 Å². The van der Waals surface area contributed by atoms with E-state index in [9.17, 15) is 22.8 Å². The van der Waals surface area contributed by atoms with Crippen LogP contribution in [0.5, 0.6) is 0 Å². The minimum absolute atomic E-state index is 0. The van der Waals surface area contributed by atoms with E-state index in [0.29, 0.717) is 11.4 Å². The van der Waals surface area contributed by atoms with Gasteiger partial charge in [0.15, 0.2) is 0 Å². The van der Waals surface area contributed by atoms with E-state index in [1.807, 2.05) is 0 Å². The van der Waals surface area contributed by atoms with Crippen molar-refractivity contribution in [2.75, 3.05) is 22.5 Å². The van der Waals surface area contributed by atoms with Gasteiger partial charge >= 0.3 is 12.2 Å². The fraction of sp³-hybridized carbons (Fsp3) is 0.263. The van der Waals surface area contributed by atoms with E-state index in [1.54, 1.807) is 24.3 Å². The summed E-state index contributed by atoms with van der Waals surface area (Å²) >= 11 is 0. The molecule has 0 aromatic heterocycles. The minimum atomic E-state index is -4.49. The molecule has 10 heteroatoms. The van der Waals surface area contributed by atoms with Gasteiger partial charge in [0.05, 0.1) is 11.6 Å². The van der Waals surface area contributed by atoms with Gasteiger partial charge in [-0.3, -0.25) is 4.79 Å². The molecule has 29 heavy (non-hydrogen) atoms. The molecular formula is C19H20ClF3N4O2. The molecule has 156 valence electrons. The lowest BCUT2D eigenvalue weighted by Gasteiger charge is -2.13. The van der Waals surface area contributed by atoms with Crippen molar-refractivity contribution in [1.29, 1.82) is 0 Å². The number of amides is 3. The molecule has 0 radical (unpaired) electrons. The topological polar surface area (TPSA) is 82.3 Å². The van der Waals surface area contributed by atoms with E-state index >= 15 is 0 Å². The number of halogens is 4. The Bertz CT molecular complexity index is 871. The van der Waals surface area contributed by atoms with Gasteiger partial charge in [0.1, 0.15) is 0 Å². The van der Waals surface area contributed by atoms with Gasteiger partial charge in [0.2, 0.25) is 5.91 Å². The number of hydrogen-bond donors (Lipinski definition) is 4. The number of nitrogens with one attached hydrogen (secondary N) is 4. The number of carbonyl (C=O) groups is 2. The number of benzene rings is 2. The first-order valence-electron chi connectivity index (χ1n) is 8.71. The molecule has 1 fully saturated rings. The van der Waals surface area contributed by atoms with Gasteiger partial charge in [-0.05, 0) is 55.8 Å². The molecule has 1 heterocycles. The maximum Gasteiger partial charge on any atom is 0.416 e. The summed E-state index contributed by atoms with van der Waals surface area (Å²) in [7, 11) is 0. The van der Waals surface area contributed by atoms with Gasteiger partial charge in [-0.2, -0.15) is 13.2 Å². The lowest BCUT2D eigenvalue weighted by atomic mass is 10.2. The molecule has 6 nitrogen and oxygen atoms in total. The number of urea groups is 1. The third-order valence-electron chi connectivity index (χ3n) is 4.21. The summed E-state index contributed by atoms with van der Waals surface area (Å²) in [5.74, 6) is -0.150. The Kier molecular flexibility index (Phi) is 7.46. The van der Waals surface area contributed by atoms with Crippen LogP contribution in [0.15, 0.2) is 48.5 Å². The summed E-state index contributed by atoms with van der Waals surface area (Å²) in [5.41, 5.74) is 0.0665. The highest BCUT2D eigenvalue weighted by Gasteiger charge is 2.30. The average Bonchev–Trinajstić information content (AvgIpc) is 3.16. The number of carbonyl (C=O) groups excluding carboxylic acids is 2. The first-order valence-corrected chi connectivity index (χ1v) is 8.71. The second kappa shape index (κ2) is 9.62. The van der Waals surface area contributed by atoms with Crippen LogP contribution in [0, 0.1) is 0 Å². The summed E-state index contributed by atoms with van der Waals surface area (Å²) in [6.07, 6.45) is -2.78. The standard InChI is InChI=1S/C19H19F3N4O2.ClH/c20-19(21,22)12-4-1-5-13(10-12)25-18(28)26-15-7-2-6-14(11-15)24-17(27)16-8-3-9-23-16;/h1-2,4-7,10-11,16,23H,3,8-9H2,(H,24,27)(H2,25,26,28);1H. The first kappa shape index (κ1) is 22.5. The molecule has 1 atom stereocenters. The van der Waals surface area contributed by atoms with Crippen molar-refractivity contribution in [1.82, 2.24) is 5.32 Å². The molecule has 2 aromatic carbocycles. The molecule has 0 bridgehead atoms. The lowest BCUT2D eigenvalue weighted by molar-refractivity contribution is -0.137. The highest BCUT2D eigenvalue weighted by Crippen LogP contribution is 2.30. The second-order valence-electron chi connectivity index (χ2n) is 6.38. The van der Waals surface area contributed by atoms with Crippen molar-refractivity contribution in [3.05, 3.63) is 54.1 Å². The van der Waals surface area contributed by atoms with Gasteiger partial charge < -0.3 is 21.3 Å². The Balaban J connectivity index is 0.00000300. The predicted molar refractivity (Wildman–Crippen MR) is 107 cm³/mol. The van der Waals surface area contributed by atoms with E-state index in [4.69, 9.17) is 0 Å². The Hall–Kier alpha value is -2.78. The summed E-state index contributed by atoms with van der Waals surface area (Å²) in [6.45, 7) is 0.801. The molecule has 1 aliphatic rings.